The van der Waals surface area contributed by atoms with Crippen molar-refractivity contribution in [2.45, 2.75) is 13.5 Å². The van der Waals surface area contributed by atoms with Crippen LogP contribution in [0.1, 0.15) is 17.2 Å². The van der Waals surface area contributed by atoms with Crippen LogP contribution in [0.15, 0.2) is 24.4 Å². The molecule has 0 fully saturated rings. The maximum Gasteiger partial charge on any atom is 0.150 e. The minimum Gasteiger partial charge on any atom is -0.373 e. The summed E-state index contributed by atoms with van der Waals surface area (Å²) in [6.07, 6.45) is 1.85. The van der Waals surface area contributed by atoms with Crippen molar-refractivity contribution in [2.75, 3.05) is 12.4 Å². The molecule has 0 atom stereocenters. The zero-order chi connectivity index (χ0) is 12.3. The first-order valence-corrected chi connectivity index (χ1v) is 5.30. The minimum atomic E-state index is 0.506. The van der Waals surface area contributed by atoms with Crippen LogP contribution in [0.2, 0.25) is 0 Å². The summed E-state index contributed by atoms with van der Waals surface area (Å²) in [5.74, 6) is 1.49. The first kappa shape index (κ1) is 11.1. The Kier molecular flexibility index (Phi) is 3.06. The molecule has 86 valence electrons. The van der Waals surface area contributed by atoms with E-state index in [4.69, 9.17) is 5.26 Å². The molecule has 0 unspecified atom stereocenters. The molecule has 0 amide bonds. The molecule has 2 rings (SSSR count). The van der Waals surface area contributed by atoms with E-state index >= 15 is 0 Å². The first-order valence-electron chi connectivity index (χ1n) is 5.30. The van der Waals surface area contributed by atoms with Gasteiger partial charge in [-0.25, -0.2) is 9.97 Å². The second kappa shape index (κ2) is 4.66. The number of nitrogens with zero attached hydrogens (tertiary/aromatic N) is 4. The SMILES string of the molecule is CNc1cc(C)nc(Cn2cccc2C#N)n1. The topological polar surface area (TPSA) is 66.5 Å². The molecule has 1 N–H and O–H groups in total. The van der Waals surface area contributed by atoms with Crippen molar-refractivity contribution in [3.8, 4) is 6.07 Å². The minimum absolute atomic E-state index is 0.506. The molecule has 0 aliphatic carbocycles. The van der Waals surface area contributed by atoms with E-state index in [-0.39, 0.29) is 0 Å². The average Bonchev–Trinajstić information content (AvgIpc) is 2.75. The molecule has 0 spiro atoms. The summed E-state index contributed by atoms with van der Waals surface area (Å²) in [5, 5.41) is 11.9. The number of aromatic nitrogens is 3. The molecular formula is C12H13N5. The Morgan fingerprint density at radius 3 is 3.00 bits per heavy atom. The van der Waals surface area contributed by atoms with Crippen LogP contribution < -0.4 is 5.32 Å². The van der Waals surface area contributed by atoms with Crippen molar-refractivity contribution in [3.05, 3.63) is 41.6 Å². The Labute approximate surface area is 99.7 Å². The molecule has 0 bridgehead atoms. The van der Waals surface area contributed by atoms with Gasteiger partial charge in [0.1, 0.15) is 17.6 Å². The lowest BCUT2D eigenvalue weighted by atomic mass is 10.4. The fraction of sp³-hybridized carbons (Fsp3) is 0.250. The van der Waals surface area contributed by atoms with Crippen LogP contribution >= 0.6 is 0 Å². The van der Waals surface area contributed by atoms with Gasteiger partial charge in [0, 0.05) is 25.0 Å². The molecule has 0 radical (unpaired) electrons. The van der Waals surface area contributed by atoms with Gasteiger partial charge in [-0.1, -0.05) is 0 Å². The van der Waals surface area contributed by atoms with Gasteiger partial charge in [0.15, 0.2) is 5.82 Å². The summed E-state index contributed by atoms with van der Waals surface area (Å²) in [7, 11) is 1.82. The van der Waals surface area contributed by atoms with Crippen molar-refractivity contribution < 1.29 is 0 Å². The maximum absolute atomic E-state index is 8.92. The van der Waals surface area contributed by atoms with E-state index in [1.807, 2.05) is 36.9 Å². The molecule has 0 aliphatic rings. The molecule has 0 saturated heterocycles. The normalized spacial score (nSPS) is 9.94. The quantitative estimate of drug-likeness (QED) is 0.863. The van der Waals surface area contributed by atoms with Crippen molar-refractivity contribution in [1.82, 2.24) is 14.5 Å². The predicted molar refractivity (Wildman–Crippen MR) is 64.6 cm³/mol. The average molecular weight is 227 g/mol. The highest BCUT2D eigenvalue weighted by Crippen LogP contribution is 2.08. The van der Waals surface area contributed by atoms with Crippen molar-refractivity contribution in [2.24, 2.45) is 0 Å². The lowest BCUT2D eigenvalue weighted by Crippen LogP contribution is -2.07. The van der Waals surface area contributed by atoms with Gasteiger partial charge in [0.05, 0.1) is 6.54 Å². The van der Waals surface area contributed by atoms with Gasteiger partial charge in [0.2, 0.25) is 0 Å². The molecule has 17 heavy (non-hydrogen) atoms. The Balaban J connectivity index is 2.30. The largest absolute Gasteiger partial charge is 0.373 e. The van der Waals surface area contributed by atoms with Crippen LogP contribution in [0.3, 0.4) is 0 Å². The van der Waals surface area contributed by atoms with Crippen LogP contribution in [0.4, 0.5) is 5.82 Å². The van der Waals surface area contributed by atoms with Gasteiger partial charge in [0.25, 0.3) is 0 Å². The number of rotatable bonds is 3. The lowest BCUT2D eigenvalue weighted by Gasteiger charge is -2.07. The summed E-state index contributed by atoms with van der Waals surface area (Å²) in [6.45, 7) is 2.43. The van der Waals surface area contributed by atoms with Crippen LogP contribution in [-0.4, -0.2) is 21.6 Å². The Hall–Kier alpha value is -2.35. The van der Waals surface area contributed by atoms with Crippen molar-refractivity contribution >= 4 is 5.82 Å². The highest BCUT2D eigenvalue weighted by Gasteiger charge is 2.05. The van der Waals surface area contributed by atoms with Gasteiger partial charge in [-0.15, -0.1) is 0 Å². The van der Waals surface area contributed by atoms with Crippen LogP contribution in [0.25, 0.3) is 0 Å². The third kappa shape index (κ3) is 2.42. The van der Waals surface area contributed by atoms with Gasteiger partial charge in [-0.2, -0.15) is 5.26 Å². The zero-order valence-corrected chi connectivity index (χ0v) is 9.81. The van der Waals surface area contributed by atoms with E-state index in [0.29, 0.717) is 18.1 Å². The lowest BCUT2D eigenvalue weighted by molar-refractivity contribution is 0.736. The number of aryl methyl sites for hydroxylation is 1. The van der Waals surface area contributed by atoms with Crippen molar-refractivity contribution in [3.63, 3.8) is 0 Å². The summed E-state index contributed by atoms with van der Waals surface area (Å²) in [5.41, 5.74) is 1.52. The number of hydrogen-bond acceptors (Lipinski definition) is 4. The van der Waals surface area contributed by atoms with Crippen LogP contribution in [0.5, 0.6) is 0 Å². The third-order valence-corrected chi connectivity index (χ3v) is 2.41. The number of anilines is 1. The van der Waals surface area contributed by atoms with Crippen LogP contribution in [-0.2, 0) is 6.54 Å². The first-order chi connectivity index (χ1) is 8.22. The second-order valence-electron chi connectivity index (χ2n) is 3.69. The fourth-order valence-corrected chi connectivity index (χ4v) is 1.63. The molecule has 2 aromatic heterocycles. The highest BCUT2D eigenvalue weighted by atomic mass is 15.1. The van der Waals surface area contributed by atoms with E-state index in [1.165, 1.54) is 0 Å². The highest BCUT2D eigenvalue weighted by molar-refractivity contribution is 5.35. The van der Waals surface area contributed by atoms with E-state index in [1.54, 1.807) is 6.07 Å². The summed E-state index contributed by atoms with van der Waals surface area (Å²) in [4.78, 5) is 8.70. The van der Waals surface area contributed by atoms with Gasteiger partial charge in [-0.05, 0) is 19.1 Å². The number of hydrogen-bond donors (Lipinski definition) is 1. The van der Waals surface area contributed by atoms with E-state index < -0.39 is 0 Å². The molecule has 0 aromatic carbocycles. The molecular weight excluding hydrogens is 214 g/mol. The van der Waals surface area contributed by atoms with E-state index in [9.17, 15) is 0 Å². The predicted octanol–water partition coefficient (Wildman–Crippen LogP) is 1.55. The van der Waals surface area contributed by atoms with E-state index in [2.05, 4.69) is 21.4 Å². The Bertz CT molecular complexity index is 565. The maximum atomic E-state index is 8.92. The van der Waals surface area contributed by atoms with Crippen molar-refractivity contribution in [1.29, 1.82) is 5.26 Å². The summed E-state index contributed by atoms with van der Waals surface area (Å²) in [6, 6.07) is 7.62. The standard InChI is InChI=1S/C12H13N5/c1-9-6-11(14-2)16-12(15-9)8-17-5-3-4-10(17)7-13/h3-6H,8H2,1-2H3,(H,14,15,16). The third-order valence-electron chi connectivity index (χ3n) is 2.41. The van der Waals surface area contributed by atoms with E-state index in [0.717, 1.165) is 11.5 Å². The number of nitrogens with one attached hydrogen (secondary N) is 1. The monoisotopic (exact) mass is 227 g/mol. The molecule has 0 aliphatic heterocycles. The molecule has 5 heteroatoms. The Morgan fingerprint density at radius 2 is 2.29 bits per heavy atom. The zero-order valence-electron chi connectivity index (χ0n) is 9.81. The summed E-state index contributed by atoms with van der Waals surface area (Å²) >= 11 is 0. The van der Waals surface area contributed by atoms with Gasteiger partial charge < -0.3 is 9.88 Å². The molecule has 2 aromatic rings. The molecule has 2 heterocycles. The van der Waals surface area contributed by atoms with Crippen LogP contribution in [0, 0.1) is 18.3 Å². The summed E-state index contributed by atoms with van der Waals surface area (Å²) < 4.78 is 1.83. The fourth-order valence-electron chi connectivity index (χ4n) is 1.63. The smallest absolute Gasteiger partial charge is 0.150 e. The number of nitriles is 1. The Morgan fingerprint density at radius 1 is 1.47 bits per heavy atom. The molecule has 0 saturated carbocycles. The second-order valence-corrected chi connectivity index (χ2v) is 3.69. The van der Waals surface area contributed by atoms with Gasteiger partial charge >= 0.3 is 0 Å². The molecule has 5 nitrogen and oxygen atoms in total. The van der Waals surface area contributed by atoms with Gasteiger partial charge in [-0.3, -0.25) is 0 Å².